The van der Waals surface area contributed by atoms with E-state index in [2.05, 4.69) is 10.3 Å². The van der Waals surface area contributed by atoms with Gasteiger partial charge in [0.15, 0.2) is 0 Å². The Kier molecular flexibility index (Phi) is 4.43. The molecule has 0 unspecified atom stereocenters. The molecule has 0 aliphatic carbocycles. The molecule has 1 amide bonds. The fourth-order valence-electron chi connectivity index (χ4n) is 2.44. The van der Waals surface area contributed by atoms with Crippen LogP contribution < -0.4 is 10.9 Å². The van der Waals surface area contributed by atoms with Crippen LogP contribution >= 0.6 is 22.9 Å². The van der Waals surface area contributed by atoms with Crippen molar-refractivity contribution in [3.8, 4) is 0 Å². The van der Waals surface area contributed by atoms with Crippen molar-refractivity contribution in [1.82, 2.24) is 9.55 Å². The number of rotatable bonds is 3. The fourth-order valence-corrected chi connectivity index (χ4v) is 3.54. The first kappa shape index (κ1) is 16.7. The third kappa shape index (κ3) is 3.20. The molecule has 0 saturated heterocycles. The Hall–Kier alpha value is -2.18. The second-order valence-electron chi connectivity index (χ2n) is 5.64. The van der Waals surface area contributed by atoms with Gasteiger partial charge >= 0.3 is 0 Å². The van der Waals surface area contributed by atoms with Crippen molar-refractivity contribution in [2.75, 3.05) is 5.32 Å². The fraction of sp³-hybridized carbons (Fsp3) is 0.235. The van der Waals surface area contributed by atoms with Gasteiger partial charge in [-0.15, -0.1) is 11.3 Å². The minimum atomic E-state index is -0.298. The second-order valence-corrected chi connectivity index (χ2v) is 7.28. The molecule has 2 heterocycles. The summed E-state index contributed by atoms with van der Waals surface area (Å²) in [6.45, 7) is 5.46. The van der Waals surface area contributed by atoms with E-state index in [1.54, 1.807) is 19.1 Å². The maximum absolute atomic E-state index is 12.6. The van der Waals surface area contributed by atoms with Crippen LogP contribution in [0.3, 0.4) is 0 Å². The predicted octanol–water partition coefficient (Wildman–Crippen LogP) is 3.68. The lowest BCUT2D eigenvalue weighted by atomic mass is 10.2. The molecule has 3 rings (SSSR count). The van der Waals surface area contributed by atoms with Crippen LogP contribution in [-0.4, -0.2) is 15.5 Å². The zero-order chi connectivity index (χ0) is 17.4. The van der Waals surface area contributed by atoms with Crippen molar-refractivity contribution in [2.24, 2.45) is 0 Å². The van der Waals surface area contributed by atoms with Crippen molar-refractivity contribution in [3.05, 3.63) is 55.9 Å². The van der Waals surface area contributed by atoms with Crippen LogP contribution in [0.2, 0.25) is 5.02 Å². The largest absolute Gasteiger partial charge is 0.324 e. The lowest BCUT2D eigenvalue weighted by Crippen LogP contribution is -2.29. The zero-order valence-electron chi connectivity index (χ0n) is 13.5. The molecule has 124 valence electrons. The molecular weight excluding hydrogens is 346 g/mol. The maximum Gasteiger partial charge on any atom is 0.262 e. The molecule has 1 N–H and O–H groups in total. The van der Waals surface area contributed by atoms with Crippen LogP contribution in [0.1, 0.15) is 16.3 Å². The van der Waals surface area contributed by atoms with Gasteiger partial charge in [0.2, 0.25) is 5.91 Å². The highest BCUT2D eigenvalue weighted by Gasteiger charge is 2.13. The number of fused-ring (bicyclic) bond motifs is 1. The summed E-state index contributed by atoms with van der Waals surface area (Å²) >= 11 is 7.53. The average Bonchev–Trinajstić information content (AvgIpc) is 2.88. The van der Waals surface area contributed by atoms with Gasteiger partial charge in [0, 0.05) is 15.6 Å². The van der Waals surface area contributed by atoms with Crippen LogP contribution in [0, 0.1) is 20.8 Å². The number of carbonyl (C=O) groups excluding carboxylic acids is 1. The third-order valence-electron chi connectivity index (χ3n) is 3.72. The van der Waals surface area contributed by atoms with Gasteiger partial charge in [-0.1, -0.05) is 17.7 Å². The molecule has 0 saturated carbocycles. The van der Waals surface area contributed by atoms with E-state index < -0.39 is 0 Å². The highest BCUT2D eigenvalue weighted by Crippen LogP contribution is 2.21. The minimum Gasteiger partial charge on any atom is -0.324 e. The number of amides is 1. The standard InChI is InChI=1S/C17H16ClN3O2S/c1-9-4-5-12(7-14(9)18)20-15(22)8-21-11(3)19-16-13(17(21)23)6-10(2)24-16/h4-7H,8H2,1-3H3,(H,20,22). The number of thiophene rings is 1. The van der Waals surface area contributed by atoms with Crippen LogP contribution in [0.4, 0.5) is 5.69 Å². The summed E-state index contributed by atoms with van der Waals surface area (Å²) < 4.78 is 1.39. The first-order chi connectivity index (χ1) is 11.3. The Labute approximate surface area is 147 Å². The van der Waals surface area contributed by atoms with Gasteiger partial charge in [-0.25, -0.2) is 4.98 Å². The molecule has 0 aliphatic heterocycles. The first-order valence-electron chi connectivity index (χ1n) is 7.39. The van der Waals surface area contributed by atoms with E-state index in [-0.39, 0.29) is 18.0 Å². The number of hydrogen-bond acceptors (Lipinski definition) is 4. The van der Waals surface area contributed by atoms with E-state index in [0.717, 1.165) is 10.4 Å². The molecule has 24 heavy (non-hydrogen) atoms. The summed E-state index contributed by atoms with van der Waals surface area (Å²) in [5.74, 6) is 0.222. The third-order valence-corrected chi connectivity index (χ3v) is 5.07. The summed E-state index contributed by atoms with van der Waals surface area (Å²) in [7, 11) is 0. The van der Waals surface area contributed by atoms with E-state index in [1.807, 2.05) is 26.0 Å². The Morgan fingerprint density at radius 1 is 1.29 bits per heavy atom. The van der Waals surface area contributed by atoms with Gasteiger partial charge in [-0.2, -0.15) is 0 Å². The number of anilines is 1. The lowest BCUT2D eigenvalue weighted by Gasteiger charge is -2.10. The van der Waals surface area contributed by atoms with Gasteiger partial charge in [-0.05, 0) is 44.5 Å². The SMILES string of the molecule is Cc1cc2c(=O)n(CC(=O)Nc3ccc(C)c(Cl)c3)c(C)nc2s1. The molecule has 3 aromatic rings. The molecule has 0 atom stereocenters. The predicted molar refractivity (Wildman–Crippen MR) is 98.2 cm³/mol. The Morgan fingerprint density at radius 2 is 2.04 bits per heavy atom. The number of nitrogens with one attached hydrogen (secondary N) is 1. The lowest BCUT2D eigenvalue weighted by molar-refractivity contribution is -0.116. The van der Waals surface area contributed by atoms with Crippen LogP contribution in [0.25, 0.3) is 10.2 Å². The summed E-state index contributed by atoms with van der Waals surface area (Å²) in [5, 5.41) is 3.89. The molecule has 0 aliphatic rings. The first-order valence-corrected chi connectivity index (χ1v) is 8.58. The highest BCUT2D eigenvalue weighted by atomic mass is 35.5. The van der Waals surface area contributed by atoms with E-state index in [1.165, 1.54) is 15.9 Å². The summed E-state index contributed by atoms with van der Waals surface area (Å²) in [4.78, 5) is 31.0. The van der Waals surface area contributed by atoms with E-state index in [0.29, 0.717) is 26.8 Å². The van der Waals surface area contributed by atoms with E-state index in [4.69, 9.17) is 11.6 Å². The summed E-state index contributed by atoms with van der Waals surface area (Å²) in [6.07, 6.45) is 0. The molecule has 0 bridgehead atoms. The number of hydrogen-bond donors (Lipinski definition) is 1. The zero-order valence-corrected chi connectivity index (χ0v) is 15.1. The molecule has 2 aromatic heterocycles. The minimum absolute atomic E-state index is 0.0893. The van der Waals surface area contributed by atoms with Crippen molar-refractivity contribution in [2.45, 2.75) is 27.3 Å². The second kappa shape index (κ2) is 6.37. The monoisotopic (exact) mass is 361 g/mol. The molecular formula is C17H16ClN3O2S. The summed E-state index contributed by atoms with van der Waals surface area (Å²) in [5.41, 5.74) is 1.34. The number of carbonyl (C=O) groups is 1. The number of aryl methyl sites for hydroxylation is 3. The number of halogens is 1. The van der Waals surface area contributed by atoms with Crippen LogP contribution in [0.15, 0.2) is 29.1 Å². The van der Waals surface area contributed by atoms with Gasteiger partial charge in [-0.3, -0.25) is 14.2 Å². The van der Waals surface area contributed by atoms with Crippen molar-refractivity contribution >= 4 is 44.7 Å². The van der Waals surface area contributed by atoms with Gasteiger partial charge in [0.05, 0.1) is 5.39 Å². The maximum atomic E-state index is 12.6. The number of benzene rings is 1. The summed E-state index contributed by atoms with van der Waals surface area (Å²) in [6, 6.07) is 7.10. The highest BCUT2D eigenvalue weighted by molar-refractivity contribution is 7.18. The number of aromatic nitrogens is 2. The van der Waals surface area contributed by atoms with E-state index in [9.17, 15) is 9.59 Å². The van der Waals surface area contributed by atoms with E-state index >= 15 is 0 Å². The average molecular weight is 362 g/mol. The molecule has 0 spiro atoms. The Bertz CT molecular complexity index is 1010. The van der Waals surface area contributed by atoms with Crippen LogP contribution in [0.5, 0.6) is 0 Å². The molecule has 0 fully saturated rings. The number of nitrogens with zero attached hydrogens (tertiary/aromatic N) is 2. The molecule has 1 aromatic carbocycles. The van der Waals surface area contributed by atoms with Gasteiger partial charge in [0.1, 0.15) is 17.2 Å². The Balaban J connectivity index is 1.87. The van der Waals surface area contributed by atoms with Crippen molar-refractivity contribution < 1.29 is 4.79 Å². The Morgan fingerprint density at radius 3 is 2.75 bits per heavy atom. The van der Waals surface area contributed by atoms with Gasteiger partial charge in [0.25, 0.3) is 5.56 Å². The quantitative estimate of drug-likeness (QED) is 0.774. The normalized spacial score (nSPS) is 11.0. The molecule has 5 nitrogen and oxygen atoms in total. The van der Waals surface area contributed by atoms with Crippen molar-refractivity contribution in [1.29, 1.82) is 0 Å². The molecule has 7 heteroatoms. The van der Waals surface area contributed by atoms with Crippen molar-refractivity contribution in [3.63, 3.8) is 0 Å². The van der Waals surface area contributed by atoms with Crippen LogP contribution in [-0.2, 0) is 11.3 Å². The molecule has 0 radical (unpaired) electrons. The topological polar surface area (TPSA) is 64.0 Å². The van der Waals surface area contributed by atoms with Gasteiger partial charge < -0.3 is 5.32 Å². The smallest absolute Gasteiger partial charge is 0.262 e.